The number of para-hydroxylation sites is 1. The van der Waals surface area contributed by atoms with Crippen molar-refractivity contribution in [3.63, 3.8) is 0 Å². The monoisotopic (exact) mass is 275 g/mol. The number of aromatic nitrogens is 3. The molecule has 21 heavy (non-hydrogen) atoms. The van der Waals surface area contributed by atoms with Crippen molar-refractivity contribution in [1.82, 2.24) is 15.1 Å². The molecule has 0 aliphatic carbocycles. The normalized spacial score (nSPS) is 13.2. The van der Waals surface area contributed by atoms with Crippen LogP contribution in [0, 0.1) is 0 Å². The summed E-state index contributed by atoms with van der Waals surface area (Å²) in [5.41, 5.74) is 4.04. The molecule has 5 heteroatoms. The maximum atomic E-state index is 4.34. The van der Waals surface area contributed by atoms with Gasteiger partial charge in [-0.2, -0.15) is 0 Å². The lowest BCUT2D eigenvalue weighted by Crippen LogP contribution is -2.27. The van der Waals surface area contributed by atoms with E-state index in [0.29, 0.717) is 6.54 Å². The van der Waals surface area contributed by atoms with Crippen molar-refractivity contribution in [3.05, 3.63) is 66.4 Å². The van der Waals surface area contributed by atoms with Gasteiger partial charge in [0.1, 0.15) is 17.7 Å². The molecule has 0 N–H and O–H groups in total. The average molecular weight is 275 g/mol. The van der Waals surface area contributed by atoms with Crippen LogP contribution in [0.15, 0.2) is 65.8 Å². The largest absolute Gasteiger partial charge is 0.325 e. The zero-order chi connectivity index (χ0) is 14.1. The number of fused-ring (bicyclic) bond motifs is 1. The highest BCUT2D eigenvalue weighted by atomic mass is 15.6. The number of hydrogen-bond donors (Lipinski definition) is 0. The smallest absolute Gasteiger partial charge is 0.120 e. The minimum Gasteiger partial charge on any atom is -0.325 e. The van der Waals surface area contributed by atoms with Crippen LogP contribution in [0.25, 0.3) is 11.3 Å². The van der Waals surface area contributed by atoms with E-state index in [4.69, 9.17) is 0 Å². The number of benzene rings is 2. The van der Waals surface area contributed by atoms with Crippen LogP contribution in [0.5, 0.6) is 0 Å². The third-order valence-electron chi connectivity index (χ3n) is 3.50. The first-order chi connectivity index (χ1) is 10.4. The summed E-state index contributed by atoms with van der Waals surface area (Å²) in [5.74, 6) is 0. The van der Waals surface area contributed by atoms with Crippen molar-refractivity contribution in [2.75, 3.05) is 4.90 Å². The molecule has 0 spiro atoms. The van der Waals surface area contributed by atoms with Crippen LogP contribution in [0.4, 0.5) is 5.69 Å². The first kappa shape index (κ1) is 11.8. The molecule has 2 aromatic carbocycles. The minimum absolute atomic E-state index is 0.699. The Bertz CT molecular complexity index is 777. The van der Waals surface area contributed by atoms with Crippen LogP contribution < -0.4 is 4.90 Å². The van der Waals surface area contributed by atoms with Gasteiger partial charge in [-0.3, -0.25) is 0 Å². The number of nitrogens with zero attached hydrogens (tertiary/aromatic N) is 5. The number of hydrogen-bond acceptors (Lipinski definition) is 4. The Morgan fingerprint density at radius 2 is 1.57 bits per heavy atom. The molecule has 0 radical (unpaired) electrons. The van der Waals surface area contributed by atoms with E-state index in [0.717, 1.165) is 22.6 Å². The van der Waals surface area contributed by atoms with Crippen LogP contribution in [-0.2, 0) is 6.54 Å². The van der Waals surface area contributed by atoms with E-state index in [1.165, 1.54) is 0 Å². The fraction of sp³-hybridized carbons (Fsp3) is 0.0625. The molecule has 0 atom stereocenters. The van der Waals surface area contributed by atoms with E-state index in [1.54, 1.807) is 11.1 Å². The summed E-state index contributed by atoms with van der Waals surface area (Å²) >= 11 is 0. The predicted octanol–water partition coefficient (Wildman–Crippen LogP) is 2.76. The second kappa shape index (κ2) is 4.86. The molecule has 0 fully saturated rings. The fourth-order valence-electron chi connectivity index (χ4n) is 2.44. The van der Waals surface area contributed by atoms with Gasteiger partial charge >= 0.3 is 0 Å². The summed E-state index contributed by atoms with van der Waals surface area (Å²) in [6, 6.07) is 20.2. The summed E-state index contributed by atoms with van der Waals surface area (Å²) in [6.45, 7) is 0.699. The molecule has 0 unspecified atom stereocenters. The lowest BCUT2D eigenvalue weighted by molar-refractivity contribution is 0.641. The van der Waals surface area contributed by atoms with Gasteiger partial charge in [-0.15, -0.1) is 15.0 Å². The predicted molar refractivity (Wildman–Crippen MR) is 82.0 cm³/mol. The van der Waals surface area contributed by atoms with E-state index in [1.807, 2.05) is 48.5 Å². The van der Waals surface area contributed by atoms with Crippen molar-refractivity contribution in [1.29, 1.82) is 0 Å². The Morgan fingerprint density at radius 3 is 2.33 bits per heavy atom. The first-order valence-electron chi connectivity index (χ1n) is 6.78. The van der Waals surface area contributed by atoms with E-state index in [2.05, 4.69) is 32.4 Å². The molecule has 0 saturated carbocycles. The maximum Gasteiger partial charge on any atom is 0.120 e. The Balaban J connectivity index is 1.73. The Hall–Kier alpha value is -2.95. The number of rotatable bonds is 2. The molecule has 3 aromatic rings. The summed E-state index contributed by atoms with van der Waals surface area (Å²) in [5, 5.41) is 12.7. The van der Waals surface area contributed by atoms with Crippen molar-refractivity contribution in [2.24, 2.45) is 5.10 Å². The maximum absolute atomic E-state index is 4.34. The molecule has 5 nitrogen and oxygen atoms in total. The summed E-state index contributed by atoms with van der Waals surface area (Å²) in [7, 11) is 0. The lowest BCUT2D eigenvalue weighted by atomic mass is 10.1. The van der Waals surface area contributed by atoms with Gasteiger partial charge < -0.3 is 4.90 Å². The molecular formula is C16H13N5. The second-order valence-electron chi connectivity index (χ2n) is 4.83. The topological polar surface area (TPSA) is 46.3 Å². The van der Waals surface area contributed by atoms with Gasteiger partial charge in [-0.05, 0) is 17.3 Å². The zero-order valence-electron chi connectivity index (χ0n) is 11.3. The SMILES string of the molecule is C1=Nn2nnc(-c3ccccc3)c2CN1c1ccccc1. The molecule has 2 heterocycles. The van der Waals surface area contributed by atoms with Crippen molar-refractivity contribution < 1.29 is 0 Å². The van der Waals surface area contributed by atoms with Gasteiger partial charge in [0.15, 0.2) is 0 Å². The first-order valence-corrected chi connectivity index (χ1v) is 6.78. The summed E-state index contributed by atoms with van der Waals surface area (Å²) in [4.78, 5) is 3.69. The molecule has 1 aromatic heterocycles. The highest BCUT2D eigenvalue weighted by molar-refractivity contribution is 5.80. The molecule has 0 amide bonds. The quantitative estimate of drug-likeness (QED) is 0.722. The molecule has 0 saturated heterocycles. The Labute approximate surface area is 122 Å². The van der Waals surface area contributed by atoms with E-state index >= 15 is 0 Å². The molecule has 1 aliphatic heterocycles. The molecule has 102 valence electrons. The van der Waals surface area contributed by atoms with Crippen molar-refractivity contribution in [3.8, 4) is 11.3 Å². The average Bonchev–Trinajstić information content (AvgIpc) is 2.99. The third kappa shape index (κ3) is 2.08. The second-order valence-corrected chi connectivity index (χ2v) is 4.83. The number of anilines is 1. The summed E-state index contributed by atoms with van der Waals surface area (Å²) < 4.78 is 0. The third-order valence-corrected chi connectivity index (χ3v) is 3.50. The molecule has 4 rings (SSSR count). The van der Waals surface area contributed by atoms with Crippen LogP contribution in [0.1, 0.15) is 5.69 Å². The van der Waals surface area contributed by atoms with E-state index in [-0.39, 0.29) is 0 Å². The lowest BCUT2D eigenvalue weighted by Gasteiger charge is -2.22. The van der Waals surface area contributed by atoms with Crippen molar-refractivity contribution >= 4 is 12.0 Å². The van der Waals surface area contributed by atoms with Gasteiger partial charge in [-0.1, -0.05) is 48.5 Å². The summed E-state index contributed by atoms with van der Waals surface area (Å²) in [6.07, 6.45) is 1.78. The van der Waals surface area contributed by atoms with Crippen molar-refractivity contribution in [2.45, 2.75) is 6.54 Å². The Morgan fingerprint density at radius 1 is 0.857 bits per heavy atom. The van der Waals surface area contributed by atoms with Gasteiger partial charge in [0, 0.05) is 11.3 Å². The van der Waals surface area contributed by atoms with Gasteiger partial charge in [0.25, 0.3) is 0 Å². The molecule has 1 aliphatic rings. The van der Waals surface area contributed by atoms with E-state index < -0.39 is 0 Å². The molecule has 0 bridgehead atoms. The standard InChI is InChI=1S/C16H13N5/c1-3-7-13(8-4-1)16-15-11-20(12-17-21(15)19-18-16)14-9-5-2-6-10-14/h1-10,12H,11H2. The van der Waals surface area contributed by atoms with E-state index in [9.17, 15) is 0 Å². The van der Waals surface area contributed by atoms with Crippen LogP contribution in [-0.4, -0.2) is 21.4 Å². The molecular weight excluding hydrogens is 262 g/mol. The van der Waals surface area contributed by atoms with Crippen LogP contribution in [0.2, 0.25) is 0 Å². The Kier molecular flexibility index (Phi) is 2.74. The van der Waals surface area contributed by atoms with Crippen LogP contribution >= 0.6 is 0 Å². The van der Waals surface area contributed by atoms with Gasteiger partial charge in [-0.25, -0.2) is 0 Å². The van der Waals surface area contributed by atoms with Gasteiger partial charge in [0.2, 0.25) is 0 Å². The minimum atomic E-state index is 0.699. The van der Waals surface area contributed by atoms with Crippen LogP contribution in [0.3, 0.4) is 0 Å². The zero-order valence-corrected chi connectivity index (χ0v) is 11.3. The highest BCUT2D eigenvalue weighted by Gasteiger charge is 2.20. The highest BCUT2D eigenvalue weighted by Crippen LogP contribution is 2.25. The van der Waals surface area contributed by atoms with Gasteiger partial charge in [0.05, 0.1) is 6.54 Å². The fourth-order valence-corrected chi connectivity index (χ4v) is 2.44.